The number of phenolic OH excluding ortho intramolecular Hbond substituents is 8. The molecule has 1 spiro atoms. The number of hydrogen-bond acceptors (Lipinski definition) is 20. The lowest BCUT2D eigenvalue weighted by molar-refractivity contribution is -0.236. The van der Waals surface area contributed by atoms with E-state index in [1.807, 2.05) is 0 Å². The number of aromatic hydroxyl groups is 8. The number of esters is 3. The maximum absolute atomic E-state index is 14.5. The first-order chi connectivity index (χ1) is 24.4. The van der Waals surface area contributed by atoms with E-state index in [0.29, 0.717) is 6.07 Å². The molecular formula is C32H24O20. The number of rotatable bonds is 1. The van der Waals surface area contributed by atoms with Crippen molar-refractivity contribution < 1.29 is 99.4 Å². The Kier molecular flexibility index (Phi) is 6.46. The lowest BCUT2D eigenvalue weighted by atomic mass is 9.64. The Morgan fingerprint density at radius 2 is 1.35 bits per heavy atom. The third kappa shape index (κ3) is 3.52. The highest BCUT2D eigenvalue weighted by molar-refractivity contribution is 6.13. The third-order valence-electron chi connectivity index (χ3n) is 10.4. The van der Waals surface area contributed by atoms with Crippen LogP contribution in [0.15, 0.2) is 18.2 Å². The number of phenols is 8. The van der Waals surface area contributed by atoms with Crippen LogP contribution in [-0.2, 0) is 23.8 Å². The second-order valence-corrected chi connectivity index (χ2v) is 12.8. The van der Waals surface area contributed by atoms with Gasteiger partial charge in [0.2, 0.25) is 34.2 Å². The normalized spacial score (nSPS) is 32.5. The maximum Gasteiger partial charge on any atom is 0.344 e. The Bertz CT molecular complexity index is 2210. The van der Waals surface area contributed by atoms with E-state index in [0.717, 1.165) is 12.1 Å². The first-order valence-electron chi connectivity index (χ1n) is 15.1. The van der Waals surface area contributed by atoms with Gasteiger partial charge in [0.15, 0.2) is 52.8 Å². The highest BCUT2D eigenvalue weighted by Crippen LogP contribution is 2.68. The lowest BCUT2D eigenvalue weighted by Gasteiger charge is -2.50. The van der Waals surface area contributed by atoms with Crippen molar-refractivity contribution in [2.45, 2.75) is 53.6 Å². The number of hydrogen-bond donors (Lipinski definition) is 12. The van der Waals surface area contributed by atoms with Crippen LogP contribution >= 0.6 is 0 Å². The molecule has 20 nitrogen and oxygen atoms in total. The van der Waals surface area contributed by atoms with Crippen molar-refractivity contribution in [2.75, 3.05) is 6.61 Å². The van der Waals surface area contributed by atoms with E-state index >= 15 is 0 Å². The van der Waals surface area contributed by atoms with Crippen LogP contribution in [0.2, 0.25) is 0 Å². The van der Waals surface area contributed by atoms with Gasteiger partial charge in [0.25, 0.3) is 0 Å². The van der Waals surface area contributed by atoms with Crippen molar-refractivity contribution in [3.05, 3.63) is 40.5 Å². The molecule has 2 fully saturated rings. The average molecular weight is 729 g/mol. The molecule has 0 aromatic heterocycles. The van der Waals surface area contributed by atoms with E-state index in [9.17, 15) is 80.5 Å². The van der Waals surface area contributed by atoms with Crippen LogP contribution in [0.4, 0.5) is 0 Å². The fourth-order valence-electron chi connectivity index (χ4n) is 8.19. The van der Waals surface area contributed by atoms with Crippen LogP contribution in [0.5, 0.6) is 51.7 Å². The molecule has 6 bridgehead atoms. The van der Waals surface area contributed by atoms with Gasteiger partial charge in [-0.25, -0.2) is 14.4 Å². The molecule has 1 aliphatic carbocycles. The minimum Gasteiger partial charge on any atom is -0.504 e. The van der Waals surface area contributed by atoms with Gasteiger partial charge >= 0.3 is 17.9 Å². The van der Waals surface area contributed by atoms with Crippen molar-refractivity contribution in [3.8, 4) is 62.9 Å². The van der Waals surface area contributed by atoms with Crippen LogP contribution < -0.4 is 4.74 Å². The van der Waals surface area contributed by atoms with Gasteiger partial charge < -0.3 is 80.2 Å². The van der Waals surface area contributed by atoms with E-state index in [-0.39, 0.29) is 5.56 Å². The summed E-state index contributed by atoms with van der Waals surface area (Å²) in [6.45, 7) is -1.31. The summed E-state index contributed by atoms with van der Waals surface area (Å²) < 4.78 is 22.3. The molecule has 0 amide bonds. The zero-order valence-electron chi connectivity index (χ0n) is 25.6. The molecule has 1 saturated carbocycles. The molecule has 3 aromatic carbocycles. The minimum absolute atomic E-state index is 0.343. The standard InChI is InChI=1S/C32H24O20/c33-4-9-18(38)26-25-14-5-1-2-7(34)17(37)24(5)52-32(14)27(44)22(42)15(31(32,48)30(47)51-25)13-12(29(46)50-26)11(20(40)23(43)21(13)41)10-6(28(45)49-9)3-8(35)16(36)19(10)39/h1-3,9,14-15,18,22,25-26,33-43,48H,4H2. The zero-order chi connectivity index (χ0) is 37.7. The van der Waals surface area contributed by atoms with Crippen molar-refractivity contribution in [3.63, 3.8) is 0 Å². The molecule has 3 aromatic rings. The number of Topliss-reactive ketones (excluding diaryl/α,β-unsaturated/α-hetero) is 1. The van der Waals surface area contributed by atoms with Gasteiger partial charge in [-0.2, -0.15) is 0 Å². The molecule has 20 heteroatoms. The van der Waals surface area contributed by atoms with Crippen LogP contribution in [0.1, 0.15) is 43.7 Å². The van der Waals surface area contributed by atoms with Crippen molar-refractivity contribution in [2.24, 2.45) is 0 Å². The monoisotopic (exact) mass is 728 g/mol. The molecule has 9 atom stereocenters. The Balaban J connectivity index is 1.59. The Hall–Kier alpha value is -6.22. The minimum atomic E-state index is -3.60. The average Bonchev–Trinajstić information content (AvgIpc) is 3.54. The SMILES string of the molecule is O=C1OC(CO)C(O)C2OC(=O)c3c(c(O)c(O)c(O)c3C3C(O)C(=O)C45Oc6c(ccc(O)c6O)C4C2OC(=O)C35O)-c2c1cc(O)c(O)c2O. The number of benzene rings is 3. The fraction of sp³-hybridized carbons (Fsp3) is 0.312. The van der Waals surface area contributed by atoms with Crippen LogP contribution in [0, 0.1) is 0 Å². The second-order valence-electron chi connectivity index (χ2n) is 12.8. The fourth-order valence-corrected chi connectivity index (χ4v) is 8.19. The summed E-state index contributed by atoms with van der Waals surface area (Å²) in [4.78, 5) is 56.9. The van der Waals surface area contributed by atoms with Gasteiger partial charge in [0.05, 0.1) is 29.6 Å². The molecular weight excluding hydrogens is 704 g/mol. The first-order valence-corrected chi connectivity index (χ1v) is 15.1. The number of carbonyl (C=O) groups is 4. The molecule has 1 saturated heterocycles. The number of aliphatic hydroxyl groups is 4. The van der Waals surface area contributed by atoms with Gasteiger partial charge in [-0.05, 0) is 12.1 Å². The van der Waals surface area contributed by atoms with Gasteiger partial charge in [0, 0.05) is 22.3 Å². The maximum atomic E-state index is 14.5. The Morgan fingerprint density at radius 1 is 0.673 bits per heavy atom. The van der Waals surface area contributed by atoms with Gasteiger partial charge in [-0.3, -0.25) is 4.79 Å². The molecule has 12 N–H and O–H groups in total. The van der Waals surface area contributed by atoms with E-state index in [1.54, 1.807) is 0 Å². The first kappa shape index (κ1) is 33.0. The summed E-state index contributed by atoms with van der Waals surface area (Å²) in [7, 11) is 0. The molecule has 0 radical (unpaired) electrons. The topological polar surface area (TPSA) is 348 Å². The quantitative estimate of drug-likeness (QED) is 0.0734. The predicted molar refractivity (Wildman–Crippen MR) is 158 cm³/mol. The van der Waals surface area contributed by atoms with Gasteiger partial charge in [-0.1, -0.05) is 6.07 Å². The summed E-state index contributed by atoms with van der Waals surface area (Å²) >= 11 is 0. The highest BCUT2D eigenvalue weighted by Gasteiger charge is 2.85. The molecule has 4 heterocycles. The summed E-state index contributed by atoms with van der Waals surface area (Å²) in [5.41, 5.74) is -13.1. The number of cyclic esters (lactones) is 1. The van der Waals surface area contributed by atoms with E-state index < -0.39 is 163 Å². The van der Waals surface area contributed by atoms with Crippen molar-refractivity contribution in [1.82, 2.24) is 0 Å². The number of aliphatic hydroxyl groups excluding tert-OH is 3. The molecule has 9 unspecified atom stereocenters. The smallest absolute Gasteiger partial charge is 0.344 e. The van der Waals surface area contributed by atoms with Gasteiger partial charge in [-0.15, -0.1) is 0 Å². The number of ether oxygens (including phenoxy) is 4. The van der Waals surface area contributed by atoms with Gasteiger partial charge in [0.1, 0.15) is 12.2 Å². The molecule has 8 rings (SSSR count). The van der Waals surface area contributed by atoms with Crippen LogP contribution in [-0.4, -0.2) is 133 Å². The van der Waals surface area contributed by atoms with Crippen LogP contribution in [0.3, 0.4) is 0 Å². The van der Waals surface area contributed by atoms with Crippen LogP contribution in [0.25, 0.3) is 11.1 Å². The summed E-state index contributed by atoms with van der Waals surface area (Å²) in [5, 5.41) is 133. The molecule has 272 valence electrons. The number of fused-ring (bicyclic) bond motifs is 7. The summed E-state index contributed by atoms with van der Waals surface area (Å²) in [5.74, 6) is -23.1. The second kappa shape index (κ2) is 10.2. The third-order valence-corrected chi connectivity index (χ3v) is 10.4. The van der Waals surface area contributed by atoms with E-state index in [2.05, 4.69) is 0 Å². The Morgan fingerprint density at radius 3 is 2.02 bits per heavy atom. The van der Waals surface area contributed by atoms with Crippen molar-refractivity contribution >= 4 is 23.7 Å². The van der Waals surface area contributed by atoms with E-state index in [4.69, 9.17) is 18.9 Å². The lowest BCUT2D eigenvalue weighted by Crippen LogP contribution is -2.73. The van der Waals surface area contributed by atoms with E-state index in [1.165, 1.54) is 0 Å². The summed E-state index contributed by atoms with van der Waals surface area (Å²) in [6, 6.07) is 2.37. The Labute approximate surface area is 286 Å². The molecule has 52 heavy (non-hydrogen) atoms. The van der Waals surface area contributed by atoms with Crippen molar-refractivity contribution in [1.29, 1.82) is 0 Å². The molecule has 5 aliphatic rings. The molecule has 4 aliphatic heterocycles. The number of carbonyl (C=O) groups excluding carboxylic acids is 4. The number of ketones is 1. The largest absolute Gasteiger partial charge is 0.504 e. The summed E-state index contributed by atoms with van der Waals surface area (Å²) in [6.07, 6.45) is -12.1. The highest BCUT2D eigenvalue weighted by atomic mass is 16.6. The zero-order valence-corrected chi connectivity index (χ0v) is 25.6. The predicted octanol–water partition coefficient (Wildman–Crippen LogP) is -1.97.